The molecule has 0 fully saturated rings. The minimum absolute atomic E-state index is 0.102. The molecule has 0 spiro atoms. The highest BCUT2D eigenvalue weighted by Crippen LogP contribution is 2.31. The summed E-state index contributed by atoms with van der Waals surface area (Å²) in [5.41, 5.74) is 1.12. The van der Waals surface area contributed by atoms with Crippen molar-refractivity contribution in [2.45, 2.75) is 13.0 Å². The van der Waals surface area contributed by atoms with Crippen molar-refractivity contribution in [1.29, 1.82) is 5.26 Å². The van der Waals surface area contributed by atoms with Gasteiger partial charge in [-0.3, -0.25) is 0 Å². The van der Waals surface area contributed by atoms with E-state index in [1.807, 2.05) is 6.07 Å². The molecular formula is C16H15FN2O2. The lowest BCUT2D eigenvalue weighted by molar-refractivity contribution is 0.410. The van der Waals surface area contributed by atoms with E-state index in [-0.39, 0.29) is 23.0 Å². The third kappa shape index (κ3) is 3.23. The molecule has 5 heteroatoms. The number of hydrogen-bond acceptors (Lipinski definition) is 4. The summed E-state index contributed by atoms with van der Waals surface area (Å²) in [4.78, 5) is 0. The zero-order chi connectivity index (χ0) is 15.4. The summed E-state index contributed by atoms with van der Waals surface area (Å²) >= 11 is 0. The number of phenols is 1. The molecule has 0 aliphatic carbocycles. The molecule has 4 nitrogen and oxygen atoms in total. The number of hydrogen-bond donors (Lipinski definition) is 2. The van der Waals surface area contributed by atoms with Crippen LogP contribution in [0.25, 0.3) is 0 Å². The Labute approximate surface area is 122 Å². The molecule has 0 aliphatic rings. The second-order valence-electron chi connectivity index (χ2n) is 4.60. The van der Waals surface area contributed by atoms with Gasteiger partial charge in [0.1, 0.15) is 17.3 Å². The van der Waals surface area contributed by atoms with Crippen LogP contribution in [0.1, 0.15) is 24.1 Å². The van der Waals surface area contributed by atoms with E-state index in [1.165, 1.54) is 31.4 Å². The first-order chi connectivity index (χ1) is 10.0. The van der Waals surface area contributed by atoms with Crippen LogP contribution in [0.4, 0.5) is 10.1 Å². The number of phenolic OH excluding ortho intramolecular Hbond substituents is 1. The summed E-state index contributed by atoms with van der Waals surface area (Å²) in [7, 11) is 1.54. The van der Waals surface area contributed by atoms with Gasteiger partial charge in [-0.15, -0.1) is 0 Å². The Hall–Kier alpha value is -2.74. The highest BCUT2D eigenvalue weighted by molar-refractivity contribution is 5.52. The van der Waals surface area contributed by atoms with E-state index in [0.29, 0.717) is 11.3 Å². The van der Waals surface area contributed by atoms with Crippen molar-refractivity contribution >= 4 is 5.69 Å². The molecule has 2 rings (SSSR count). The van der Waals surface area contributed by atoms with Crippen LogP contribution >= 0.6 is 0 Å². The Kier molecular flexibility index (Phi) is 4.29. The number of anilines is 1. The molecule has 1 unspecified atom stereocenters. The Morgan fingerprint density at radius 2 is 2.05 bits per heavy atom. The van der Waals surface area contributed by atoms with Crippen LogP contribution in [0.2, 0.25) is 0 Å². The number of benzene rings is 2. The lowest BCUT2D eigenvalue weighted by Crippen LogP contribution is -2.08. The Morgan fingerprint density at radius 1 is 1.29 bits per heavy atom. The molecule has 0 bridgehead atoms. The first-order valence-corrected chi connectivity index (χ1v) is 6.38. The van der Waals surface area contributed by atoms with Crippen LogP contribution in [-0.2, 0) is 0 Å². The van der Waals surface area contributed by atoms with Crippen molar-refractivity contribution in [3.8, 4) is 17.6 Å². The predicted molar refractivity (Wildman–Crippen MR) is 77.8 cm³/mol. The van der Waals surface area contributed by atoms with E-state index in [2.05, 4.69) is 5.32 Å². The van der Waals surface area contributed by atoms with E-state index in [0.717, 1.165) is 0 Å². The van der Waals surface area contributed by atoms with Gasteiger partial charge < -0.3 is 15.2 Å². The number of aromatic hydroxyl groups is 1. The number of rotatable bonds is 4. The van der Waals surface area contributed by atoms with Gasteiger partial charge >= 0.3 is 0 Å². The first-order valence-electron chi connectivity index (χ1n) is 6.38. The summed E-state index contributed by atoms with van der Waals surface area (Å²) < 4.78 is 19.0. The van der Waals surface area contributed by atoms with Crippen LogP contribution in [-0.4, -0.2) is 12.2 Å². The standard InChI is InChI=1S/C16H15FN2O2/c1-10(13-8-12(21-2)4-6-16(13)20)19-15-5-3-11(9-18)7-14(15)17/h3-8,10,19-20H,1-2H3. The fourth-order valence-corrected chi connectivity index (χ4v) is 2.02. The van der Waals surface area contributed by atoms with Gasteiger partial charge in [0.25, 0.3) is 0 Å². The van der Waals surface area contributed by atoms with Gasteiger partial charge in [-0.1, -0.05) is 0 Å². The molecule has 0 heterocycles. The molecule has 0 saturated heterocycles. The molecule has 1 atom stereocenters. The van der Waals surface area contributed by atoms with Crippen LogP contribution < -0.4 is 10.1 Å². The number of nitrogens with zero attached hydrogens (tertiary/aromatic N) is 1. The monoisotopic (exact) mass is 286 g/mol. The second-order valence-corrected chi connectivity index (χ2v) is 4.60. The van der Waals surface area contributed by atoms with Gasteiger partial charge in [0.05, 0.1) is 30.5 Å². The maximum absolute atomic E-state index is 13.9. The number of nitriles is 1. The fraction of sp³-hybridized carbons (Fsp3) is 0.188. The van der Waals surface area contributed by atoms with E-state index < -0.39 is 5.82 Å². The van der Waals surface area contributed by atoms with E-state index in [9.17, 15) is 9.50 Å². The number of methoxy groups -OCH3 is 1. The van der Waals surface area contributed by atoms with E-state index in [4.69, 9.17) is 10.00 Å². The van der Waals surface area contributed by atoms with Crippen LogP contribution in [0.15, 0.2) is 36.4 Å². The molecule has 2 aromatic carbocycles. The molecule has 0 aliphatic heterocycles. The topological polar surface area (TPSA) is 65.3 Å². The minimum atomic E-state index is -0.511. The Morgan fingerprint density at radius 3 is 2.67 bits per heavy atom. The molecule has 108 valence electrons. The summed E-state index contributed by atoms with van der Waals surface area (Å²) in [5, 5.41) is 21.6. The van der Waals surface area contributed by atoms with Crippen molar-refractivity contribution in [3.63, 3.8) is 0 Å². The fourth-order valence-electron chi connectivity index (χ4n) is 2.02. The van der Waals surface area contributed by atoms with Crippen molar-refractivity contribution in [1.82, 2.24) is 0 Å². The SMILES string of the molecule is COc1ccc(O)c(C(C)Nc2ccc(C#N)cc2F)c1. The smallest absolute Gasteiger partial charge is 0.147 e. The zero-order valence-corrected chi connectivity index (χ0v) is 11.7. The normalized spacial score (nSPS) is 11.5. The third-order valence-corrected chi connectivity index (χ3v) is 3.17. The van der Waals surface area contributed by atoms with Crippen molar-refractivity contribution < 1.29 is 14.2 Å². The van der Waals surface area contributed by atoms with Crippen LogP contribution in [0, 0.1) is 17.1 Å². The largest absolute Gasteiger partial charge is 0.508 e. The third-order valence-electron chi connectivity index (χ3n) is 3.17. The molecular weight excluding hydrogens is 271 g/mol. The quantitative estimate of drug-likeness (QED) is 0.901. The van der Waals surface area contributed by atoms with Gasteiger partial charge in [-0.2, -0.15) is 5.26 Å². The van der Waals surface area contributed by atoms with Crippen LogP contribution in [0.5, 0.6) is 11.5 Å². The average molecular weight is 286 g/mol. The number of halogens is 1. The number of ether oxygens (including phenoxy) is 1. The van der Waals surface area contributed by atoms with Gasteiger partial charge in [0, 0.05) is 5.56 Å². The van der Waals surface area contributed by atoms with Gasteiger partial charge in [0.15, 0.2) is 0 Å². The van der Waals surface area contributed by atoms with E-state index >= 15 is 0 Å². The lowest BCUT2D eigenvalue weighted by Gasteiger charge is -2.18. The summed E-state index contributed by atoms with van der Waals surface area (Å²) in [6.07, 6.45) is 0. The van der Waals surface area contributed by atoms with Crippen molar-refractivity contribution in [2.24, 2.45) is 0 Å². The highest BCUT2D eigenvalue weighted by Gasteiger charge is 2.13. The molecule has 2 N–H and O–H groups in total. The maximum atomic E-state index is 13.9. The Bertz CT molecular complexity index is 695. The average Bonchev–Trinajstić information content (AvgIpc) is 2.49. The molecule has 0 radical (unpaired) electrons. The molecule has 0 aromatic heterocycles. The molecule has 2 aromatic rings. The summed E-state index contributed by atoms with van der Waals surface area (Å²) in [6.45, 7) is 1.80. The van der Waals surface area contributed by atoms with Gasteiger partial charge in [-0.25, -0.2) is 4.39 Å². The lowest BCUT2D eigenvalue weighted by atomic mass is 10.1. The van der Waals surface area contributed by atoms with E-state index in [1.54, 1.807) is 19.1 Å². The first kappa shape index (κ1) is 14.7. The van der Waals surface area contributed by atoms with Gasteiger partial charge in [-0.05, 0) is 43.3 Å². The minimum Gasteiger partial charge on any atom is -0.508 e. The van der Waals surface area contributed by atoms with Crippen molar-refractivity contribution in [3.05, 3.63) is 53.3 Å². The molecule has 21 heavy (non-hydrogen) atoms. The number of nitrogens with one attached hydrogen (secondary N) is 1. The Balaban J connectivity index is 2.26. The maximum Gasteiger partial charge on any atom is 0.147 e. The van der Waals surface area contributed by atoms with Crippen LogP contribution in [0.3, 0.4) is 0 Å². The van der Waals surface area contributed by atoms with Crippen molar-refractivity contribution in [2.75, 3.05) is 12.4 Å². The second kappa shape index (κ2) is 6.14. The summed E-state index contributed by atoms with van der Waals surface area (Å²) in [5.74, 6) is 0.199. The van der Waals surface area contributed by atoms with Gasteiger partial charge in [0.2, 0.25) is 0 Å². The predicted octanol–water partition coefficient (Wildman–Crippen LogP) is 3.58. The molecule has 0 saturated carbocycles. The zero-order valence-electron chi connectivity index (χ0n) is 11.7. The highest BCUT2D eigenvalue weighted by atomic mass is 19.1. The molecule has 0 amide bonds. The summed E-state index contributed by atoms with van der Waals surface area (Å²) in [6, 6.07) is 10.6.